The molecule has 1 nitrogen and oxygen atoms in total. The number of benzene rings is 8. The minimum Gasteiger partial charge on any atom is -0.311 e. The fourth-order valence-corrected chi connectivity index (χ4v) is 9.62. The first-order valence-electron chi connectivity index (χ1n) is 17.7. The van der Waals surface area contributed by atoms with Crippen molar-refractivity contribution in [3.8, 4) is 33.4 Å². The zero-order valence-corrected chi connectivity index (χ0v) is 29.4. The molecule has 0 atom stereocenters. The minimum atomic E-state index is -0.141. The summed E-state index contributed by atoms with van der Waals surface area (Å²) in [5.74, 6) is 0. The first-order valence-corrected chi connectivity index (χ1v) is 18.5. The van der Waals surface area contributed by atoms with Crippen LogP contribution in [-0.4, -0.2) is 0 Å². The third-order valence-corrected chi connectivity index (χ3v) is 12.1. The van der Waals surface area contributed by atoms with Gasteiger partial charge in [-0.3, -0.25) is 0 Å². The Labute approximate surface area is 302 Å². The number of hydrogen-bond acceptors (Lipinski definition) is 2. The van der Waals surface area contributed by atoms with Crippen LogP contribution in [0, 0.1) is 0 Å². The Bertz CT molecular complexity index is 2720. The third-order valence-electron chi connectivity index (χ3n) is 10.9. The van der Waals surface area contributed by atoms with Crippen LogP contribution < -0.4 is 4.90 Å². The van der Waals surface area contributed by atoms with E-state index < -0.39 is 0 Å². The molecule has 1 aliphatic rings. The van der Waals surface area contributed by atoms with Crippen LogP contribution in [0.3, 0.4) is 0 Å². The highest BCUT2D eigenvalue weighted by atomic mass is 32.1. The van der Waals surface area contributed by atoms with Crippen LogP contribution >= 0.6 is 11.3 Å². The van der Waals surface area contributed by atoms with Crippen molar-refractivity contribution < 1.29 is 0 Å². The Morgan fingerprint density at radius 2 is 1.10 bits per heavy atom. The van der Waals surface area contributed by atoms with E-state index in [9.17, 15) is 0 Å². The van der Waals surface area contributed by atoms with Crippen molar-refractivity contribution in [2.45, 2.75) is 19.3 Å². The van der Waals surface area contributed by atoms with Gasteiger partial charge in [-0.15, -0.1) is 11.3 Å². The van der Waals surface area contributed by atoms with Crippen LogP contribution in [-0.2, 0) is 5.41 Å². The molecule has 0 N–H and O–H groups in total. The summed E-state index contributed by atoms with van der Waals surface area (Å²) in [6.07, 6.45) is 0. The molecule has 9 aromatic rings. The molecular weight excluding hydrogens is 635 g/mol. The molecule has 0 unspecified atom stereocenters. The molecule has 1 heterocycles. The van der Waals surface area contributed by atoms with Crippen molar-refractivity contribution in [2.24, 2.45) is 0 Å². The first kappa shape index (κ1) is 29.9. The Morgan fingerprint density at radius 1 is 0.451 bits per heavy atom. The molecule has 0 aliphatic heterocycles. The summed E-state index contributed by atoms with van der Waals surface area (Å²) >= 11 is 1.91. The Morgan fingerprint density at radius 3 is 1.86 bits per heavy atom. The lowest BCUT2D eigenvalue weighted by Gasteiger charge is -2.36. The van der Waals surface area contributed by atoms with Gasteiger partial charge in [0.15, 0.2) is 0 Å². The molecule has 0 spiro atoms. The summed E-state index contributed by atoms with van der Waals surface area (Å²) in [5, 5.41) is 5.34. The molecule has 0 saturated carbocycles. The number of rotatable bonds is 5. The highest BCUT2D eigenvalue weighted by Gasteiger charge is 2.35. The maximum absolute atomic E-state index is 2.46. The Kier molecular flexibility index (Phi) is 6.78. The second kappa shape index (κ2) is 11.6. The van der Waals surface area contributed by atoms with E-state index in [2.05, 4.69) is 195 Å². The fourth-order valence-electron chi connectivity index (χ4n) is 8.39. The standard InChI is InChI=1S/C49H35NS/c1-49(2)43-30-26-34(32-23-27-37(28-24-32)50(35-14-5-3-6-15-35)36-16-7-4-8-17-36)31-42(43)47-39(29-25-33-13-11-21-44(49)46(33)47)41-20-12-19-40-38-18-9-10-22-45(38)51-48(40)41/h3-31H,1-2H3. The second-order valence-electron chi connectivity index (χ2n) is 14.1. The minimum absolute atomic E-state index is 0.141. The molecule has 51 heavy (non-hydrogen) atoms. The summed E-state index contributed by atoms with van der Waals surface area (Å²) < 4.78 is 2.69. The quantitative estimate of drug-likeness (QED) is 0.176. The Hall–Kier alpha value is -5.96. The van der Waals surface area contributed by atoms with Crippen molar-refractivity contribution in [2.75, 3.05) is 4.90 Å². The van der Waals surface area contributed by atoms with Crippen molar-refractivity contribution in [3.63, 3.8) is 0 Å². The summed E-state index contributed by atoms with van der Waals surface area (Å²) in [6, 6.07) is 64.6. The molecule has 242 valence electrons. The van der Waals surface area contributed by atoms with Crippen LogP contribution in [0.5, 0.6) is 0 Å². The highest BCUT2D eigenvalue weighted by molar-refractivity contribution is 7.26. The van der Waals surface area contributed by atoms with Crippen LogP contribution in [0.15, 0.2) is 176 Å². The highest BCUT2D eigenvalue weighted by Crippen LogP contribution is 2.54. The predicted octanol–water partition coefficient (Wildman–Crippen LogP) is 14.3. The molecule has 2 heteroatoms. The van der Waals surface area contributed by atoms with Crippen LogP contribution in [0.2, 0.25) is 0 Å². The van der Waals surface area contributed by atoms with Gasteiger partial charge >= 0.3 is 0 Å². The average Bonchev–Trinajstić information content (AvgIpc) is 3.57. The average molecular weight is 670 g/mol. The van der Waals surface area contributed by atoms with Gasteiger partial charge in [0.1, 0.15) is 0 Å². The third kappa shape index (κ3) is 4.67. The monoisotopic (exact) mass is 669 g/mol. The van der Waals surface area contributed by atoms with E-state index in [4.69, 9.17) is 0 Å². The van der Waals surface area contributed by atoms with Gasteiger partial charge in [-0.05, 0) is 98.2 Å². The molecule has 8 aromatic carbocycles. The summed E-state index contributed by atoms with van der Waals surface area (Å²) in [7, 11) is 0. The molecule has 0 fully saturated rings. The SMILES string of the molecule is CC1(C)c2ccc(-c3ccc(N(c4ccccc4)c4ccccc4)cc3)cc2-c2c(-c3cccc4c3sc3ccccc34)ccc3cccc1c23. The maximum Gasteiger partial charge on any atom is 0.0462 e. The van der Waals surface area contributed by atoms with Crippen LogP contribution in [0.1, 0.15) is 25.0 Å². The second-order valence-corrected chi connectivity index (χ2v) is 15.2. The zero-order valence-electron chi connectivity index (χ0n) is 28.6. The lowest BCUT2D eigenvalue weighted by molar-refractivity contribution is 0.645. The molecule has 10 rings (SSSR count). The van der Waals surface area contributed by atoms with Crippen molar-refractivity contribution in [3.05, 3.63) is 187 Å². The number of nitrogens with zero attached hydrogens (tertiary/aromatic N) is 1. The van der Waals surface area contributed by atoms with E-state index in [1.54, 1.807) is 0 Å². The van der Waals surface area contributed by atoms with E-state index in [0.29, 0.717) is 0 Å². The van der Waals surface area contributed by atoms with E-state index in [1.165, 1.54) is 75.5 Å². The smallest absolute Gasteiger partial charge is 0.0462 e. The molecule has 0 amide bonds. The zero-order chi connectivity index (χ0) is 34.1. The van der Waals surface area contributed by atoms with Crippen molar-refractivity contribution in [1.82, 2.24) is 0 Å². The van der Waals surface area contributed by atoms with Gasteiger partial charge in [0.05, 0.1) is 0 Å². The molecule has 1 aliphatic carbocycles. The van der Waals surface area contributed by atoms with E-state index in [1.807, 2.05) is 11.3 Å². The van der Waals surface area contributed by atoms with Gasteiger partial charge in [-0.1, -0.05) is 141 Å². The summed E-state index contributed by atoms with van der Waals surface area (Å²) in [6.45, 7) is 4.78. The molecule has 0 saturated heterocycles. The fraction of sp³-hybridized carbons (Fsp3) is 0.0612. The molecule has 0 radical (unpaired) electrons. The number of thiophene rings is 1. The molecule has 0 bridgehead atoms. The lowest BCUT2D eigenvalue weighted by atomic mass is 9.67. The first-order chi connectivity index (χ1) is 25.1. The number of anilines is 3. The van der Waals surface area contributed by atoms with Gasteiger partial charge < -0.3 is 4.90 Å². The molecule has 1 aromatic heterocycles. The lowest BCUT2D eigenvalue weighted by Crippen LogP contribution is -2.24. The van der Waals surface area contributed by atoms with Crippen LogP contribution in [0.4, 0.5) is 17.1 Å². The Balaban J connectivity index is 1.16. The predicted molar refractivity (Wildman–Crippen MR) is 220 cm³/mol. The van der Waals surface area contributed by atoms with Gasteiger partial charge in [-0.25, -0.2) is 0 Å². The largest absolute Gasteiger partial charge is 0.311 e. The number of para-hydroxylation sites is 2. The van der Waals surface area contributed by atoms with Gasteiger partial charge in [0.2, 0.25) is 0 Å². The topological polar surface area (TPSA) is 3.24 Å². The van der Waals surface area contributed by atoms with E-state index in [-0.39, 0.29) is 5.41 Å². The summed E-state index contributed by atoms with van der Waals surface area (Å²) in [4.78, 5) is 2.32. The summed E-state index contributed by atoms with van der Waals surface area (Å²) in [5.41, 5.74) is 13.8. The van der Waals surface area contributed by atoms with Crippen molar-refractivity contribution >= 4 is 59.3 Å². The van der Waals surface area contributed by atoms with Crippen LogP contribution in [0.25, 0.3) is 64.3 Å². The van der Waals surface area contributed by atoms with Gasteiger partial charge in [0, 0.05) is 48.2 Å². The maximum atomic E-state index is 2.46. The van der Waals surface area contributed by atoms with E-state index in [0.717, 1.165) is 17.1 Å². The van der Waals surface area contributed by atoms with Gasteiger partial charge in [-0.2, -0.15) is 0 Å². The normalized spacial score (nSPS) is 13.1. The number of hydrogen-bond donors (Lipinski definition) is 0. The van der Waals surface area contributed by atoms with Crippen molar-refractivity contribution in [1.29, 1.82) is 0 Å². The molecular formula is C49H35NS. The van der Waals surface area contributed by atoms with Gasteiger partial charge in [0.25, 0.3) is 0 Å². The van der Waals surface area contributed by atoms with E-state index >= 15 is 0 Å². The number of fused-ring (bicyclic) bond motifs is 5.